The molecule has 0 aliphatic rings. The maximum absolute atomic E-state index is 12.1. The molecule has 0 heterocycles. The van der Waals surface area contributed by atoms with Gasteiger partial charge in [0.15, 0.2) is 8.32 Å². The number of carbonyl (C=O) groups is 2. The first-order valence-electron chi connectivity index (χ1n) is 9.64. The third-order valence-electron chi connectivity index (χ3n) is 4.51. The Balaban J connectivity index is 4.80. The molecule has 2 amide bonds. The molecule has 0 saturated carbocycles. The van der Waals surface area contributed by atoms with Gasteiger partial charge in [0.1, 0.15) is 5.60 Å². The number of unbranched alkanes of at least 4 members (excludes halogenated alkanes) is 1. The lowest BCUT2D eigenvalue weighted by Gasteiger charge is -2.37. The van der Waals surface area contributed by atoms with Crippen LogP contribution in [0.5, 0.6) is 0 Å². The predicted octanol–water partition coefficient (Wildman–Crippen LogP) is 4.43. The molecule has 0 aromatic rings. The van der Waals surface area contributed by atoms with E-state index in [1.54, 1.807) is 0 Å². The van der Waals surface area contributed by atoms with Gasteiger partial charge in [-0.3, -0.25) is 4.79 Å². The summed E-state index contributed by atoms with van der Waals surface area (Å²) < 4.78 is 11.5. The van der Waals surface area contributed by atoms with E-state index in [0.717, 1.165) is 12.8 Å². The quantitative estimate of drug-likeness (QED) is 0.310. The Morgan fingerprint density at radius 2 is 1.67 bits per heavy atom. The summed E-state index contributed by atoms with van der Waals surface area (Å²) in [5, 5.41) is 5.75. The molecule has 0 aliphatic heterocycles. The topological polar surface area (TPSA) is 76.7 Å². The standard InChI is InChI=1S/C19H39ClN2O4Si/c1-18(2,3)26-17(24)22-15(13-21-16(23)11-9-10-12-20)14-25-27(7,8)19(4,5)6/h15H,9-14H2,1-8H3,(H,21,23)(H,22,24). The molecule has 0 saturated heterocycles. The maximum Gasteiger partial charge on any atom is 0.408 e. The molecule has 27 heavy (non-hydrogen) atoms. The molecule has 6 nitrogen and oxygen atoms in total. The van der Waals surface area contributed by atoms with Gasteiger partial charge in [-0.05, 0) is 51.7 Å². The molecule has 0 radical (unpaired) electrons. The molecule has 0 fully saturated rings. The van der Waals surface area contributed by atoms with Gasteiger partial charge in [0.05, 0.1) is 12.6 Å². The van der Waals surface area contributed by atoms with Crippen molar-refractivity contribution in [2.75, 3.05) is 19.0 Å². The fraction of sp³-hybridized carbons (Fsp3) is 0.895. The summed E-state index contributed by atoms with van der Waals surface area (Å²) in [6.07, 6.45) is 1.47. The van der Waals surface area contributed by atoms with Crippen LogP contribution in [0.25, 0.3) is 0 Å². The number of amides is 2. The highest BCUT2D eigenvalue weighted by atomic mass is 35.5. The third-order valence-corrected chi connectivity index (χ3v) is 9.27. The Morgan fingerprint density at radius 1 is 1.07 bits per heavy atom. The lowest BCUT2D eigenvalue weighted by atomic mass is 10.2. The van der Waals surface area contributed by atoms with Gasteiger partial charge in [-0.2, -0.15) is 0 Å². The summed E-state index contributed by atoms with van der Waals surface area (Å²) in [6, 6.07) is -0.356. The smallest absolute Gasteiger partial charge is 0.408 e. The first kappa shape index (κ1) is 26.2. The van der Waals surface area contributed by atoms with Crippen molar-refractivity contribution < 1.29 is 18.8 Å². The Hall–Kier alpha value is -0.793. The highest BCUT2D eigenvalue weighted by Gasteiger charge is 2.37. The van der Waals surface area contributed by atoms with Crippen LogP contribution in [-0.2, 0) is 14.0 Å². The number of carbonyl (C=O) groups excluding carboxylic acids is 2. The molecular formula is C19H39ClN2O4Si. The molecule has 2 N–H and O–H groups in total. The SMILES string of the molecule is CC(C)(C)OC(=O)NC(CNC(=O)CCCCCl)CO[Si](C)(C)C(C)(C)C. The van der Waals surface area contributed by atoms with E-state index in [4.69, 9.17) is 20.8 Å². The number of hydrogen-bond acceptors (Lipinski definition) is 4. The van der Waals surface area contributed by atoms with Gasteiger partial charge < -0.3 is 19.8 Å². The van der Waals surface area contributed by atoms with Crippen molar-refractivity contribution in [2.24, 2.45) is 0 Å². The molecule has 0 aliphatic carbocycles. The van der Waals surface area contributed by atoms with Gasteiger partial charge in [0.25, 0.3) is 0 Å². The van der Waals surface area contributed by atoms with Gasteiger partial charge >= 0.3 is 6.09 Å². The monoisotopic (exact) mass is 422 g/mol. The van der Waals surface area contributed by atoms with Crippen molar-refractivity contribution in [1.82, 2.24) is 10.6 Å². The second kappa shape index (κ2) is 11.3. The summed E-state index contributed by atoms with van der Waals surface area (Å²) in [6.45, 7) is 16.9. The summed E-state index contributed by atoms with van der Waals surface area (Å²) in [7, 11) is -1.97. The lowest BCUT2D eigenvalue weighted by molar-refractivity contribution is -0.121. The van der Waals surface area contributed by atoms with Gasteiger partial charge in [-0.25, -0.2) is 4.79 Å². The average molecular weight is 423 g/mol. The minimum absolute atomic E-state index is 0.0524. The van der Waals surface area contributed by atoms with Crippen molar-refractivity contribution in [3.05, 3.63) is 0 Å². The normalized spacial score (nSPS) is 13.8. The van der Waals surface area contributed by atoms with Crippen LogP contribution in [0.3, 0.4) is 0 Å². The lowest BCUT2D eigenvalue weighted by Crippen LogP contribution is -2.51. The first-order chi connectivity index (χ1) is 12.2. The van der Waals surface area contributed by atoms with Crippen LogP contribution < -0.4 is 10.6 Å². The summed E-state index contributed by atoms with van der Waals surface area (Å²) in [5.41, 5.74) is -0.584. The number of hydrogen-bond donors (Lipinski definition) is 2. The van der Waals surface area contributed by atoms with Gasteiger partial charge in [-0.15, -0.1) is 11.6 Å². The Bertz CT molecular complexity index is 473. The van der Waals surface area contributed by atoms with Crippen LogP contribution in [0, 0.1) is 0 Å². The largest absolute Gasteiger partial charge is 0.444 e. The molecule has 0 bridgehead atoms. The van der Waals surface area contributed by atoms with E-state index in [0.29, 0.717) is 25.5 Å². The number of nitrogens with one attached hydrogen (secondary N) is 2. The zero-order chi connectivity index (χ0) is 21.3. The molecule has 0 aromatic carbocycles. The number of halogens is 1. The summed E-state index contributed by atoms with van der Waals surface area (Å²) in [5.74, 6) is 0.500. The zero-order valence-electron chi connectivity index (χ0n) is 18.3. The minimum Gasteiger partial charge on any atom is -0.444 e. The number of rotatable bonds is 10. The molecular weight excluding hydrogens is 384 g/mol. The van der Waals surface area contributed by atoms with Crippen LogP contribution >= 0.6 is 11.6 Å². The number of ether oxygens (including phenoxy) is 1. The van der Waals surface area contributed by atoms with E-state index in [-0.39, 0.29) is 17.0 Å². The fourth-order valence-corrected chi connectivity index (χ4v) is 3.10. The molecule has 8 heteroatoms. The second-order valence-corrected chi connectivity index (χ2v) is 14.6. The van der Waals surface area contributed by atoms with Gasteiger partial charge in [0, 0.05) is 18.8 Å². The van der Waals surface area contributed by atoms with Crippen molar-refractivity contribution in [3.8, 4) is 0 Å². The third kappa shape index (κ3) is 12.3. The van der Waals surface area contributed by atoms with E-state index >= 15 is 0 Å². The van der Waals surface area contributed by atoms with Crippen molar-refractivity contribution in [3.63, 3.8) is 0 Å². The average Bonchev–Trinajstić information content (AvgIpc) is 2.47. The van der Waals surface area contributed by atoms with E-state index in [1.807, 2.05) is 20.8 Å². The van der Waals surface area contributed by atoms with Gasteiger partial charge in [-0.1, -0.05) is 20.8 Å². The highest BCUT2D eigenvalue weighted by molar-refractivity contribution is 6.74. The fourth-order valence-electron chi connectivity index (χ4n) is 1.86. The highest BCUT2D eigenvalue weighted by Crippen LogP contribution is 2.36. The van der Waals surface area contributed by atoms with Crippen LogP contribution in [0.1, 0.15) is 60.8 Å². The van der Waals surface area contributed by atoms with Crippen LogP contribution in [0.2, 0.25) is 18.1 Å². The molecule has 0 aromatic heterocycles. The maximum atomic E-state index is 12.1. The molecule has 0 rings (SSSR count). The van der Waals surface area contributed by atoms with E-state index in [2.05, 4.69) is 44.5 Å². The van der Waals surface area contributed by atoms with E-state index in [9.17, 15) is 9.59 Å². The predicted molar refractivity (Wildman–Crippen MR) is 114 cm³/mol. The van der Waals surface area contributed by atoms with Crippen LogP contribution in [0.4, 0.5) is 4.79 Å². The summed E-state index contributed by atoms with van der Waals surface area (Å²) >= 11 is 5.64. The second-order valence-electron chi connectivity index (χ2n) is 9.36. The number of alkyl halides is 1. The first-order valence-corrected chi connectivity index (χ1v) is 13.1. The van der Waals surface area contributed by atoms with E-state index in [1.165, 1.54) is 0 Å². The Kier molecular flexibility index (Phi) is 10.9. The van der Waals surface area contributed by atoms with Gasteiger partial charge in [0.2, 0.25) is 5.91 Å². The van der Waals surface area contributed by atoms with Crippen molar-refractivity contribution >= 4 is 31.9 Å². The molecule has 0 spiro atoms. The van der Waals surface area contributed by atoms with Crippen molar-refractivity contribution in [2.45, 2.75) is 90.6 Å². The Morgan fingerprint density at radius 3 is 2.15 bits per heavy atom. The van der Waals surface area contributed by atoms with Crippen molar-refractivity contribution in [1.29, 1.82) is 0 Å². The van der Waals surface area contributed by atoms with Crippen LogP contribution in [-0.4, -0.2) is 51.0 Å². The number of alkyl carbamates (subject to hydrolysis) is 1. The minimum atomic E-state index is -1.97. The van der Waals surface area contributed by atoms with E-state index < -0.39 is 20.0 Å². The Labute approximate surface area is 171 Å². The summed E-state index contributed by atoms with van der Waals surface area (Å²) in [4.78, 5) is 24.1. The molecule has 1 unspecified atom stereocenters. The van der Waals surface area contributed by atoms with Crippen LogP contribution in [0.15, 0.2) is 0 Å². The molecule has 160 valence electrons. The molecule has 1 atom stereocenters. The zero-order valence-corrected chi connectivity index (χ0v) is 20.1.